The molecule has 0 aromatic heterocycles. The van der Waals surface area contributed by atoms with Crippen molar-refractivity contribution in [3.05, 3.63) is 0 Å². The van der Waals surface area contributed by atoms with E-state index in [0.717, 1.165) is 6.92 Å². The summed E-state index contributed by atoms with van der Waals surface area (Å²) >= 11 is 0. The van der Waals surface area contributed by atoms with Gasteiger partial charge in [0.15, 0.2) is 0 Å². The molecule has 7 heteroatoms. The van der Waals surface area contributed by atoms with Crippen LogP contribution in [0.1, 0.15) is 6.92 Å². The molecule has 56 valence electrons. The lowest BCUT2D eigenvalue weighted by Gasteiger charge is -1.63. The lowest BCUT2D eigenvalue weighted by molar-refractivity contribution is -0.134. The third kappa shape index (κ3) is 433. The fourth-order valence-corrected chi connectivity index (χ4v) is 0. The Balaban J connectivity index is 0. The lowest BCUT2D eigenvalue weighted by atomic mass is 10.9. The fourth-order valence-electron chi connectivity index (χ4n) is 0. The van der Waals surface area contributed by atoms with E-state index in [0.29, 0.717) is 0 Å². The molecule has 9 heavy (non-hydrogen) atoms. The van der Waals surface area contributed by atoms with E-state index in [2.05, 4.69) is 0 Å². The van der Waals surface area contributed by atoms with E-state index in [1.54, 1.807) is 0 Å². The standard InChI is InChI=1S/C2H4O2.FHO3S/c1-2(3)4;1-5(2,3)4/h1H3,(H,3,4);(H,2,3,4). The van der Waals surface area contributed by atoms with Crippen LogP contribution in [-0.4, -0.2) is 24.0 Å². The van der Waals surface area contributed by atoms with Crippen molar-refractivity contribution in [2.75, 3.05) is 0 Å². The van der Waals surface area contributed by atoms with Gasteiger partial charge in [-0.3, -0.25) is 9.35 Å². The predicted molar refractivity (Wildman–Crippen MR) is 26.0 cm³/mol. The highest BCUT2D eigenvalue weighted by atomic mass is 32.3. The summed E-state index contributed by atoms with van der Waals surface area (Å²) in [6.45, 7) is 1.08. The van der Waals surface area contributed by atoms with Crippen molar-refractivity contribution < 1.29 is 26.8 Å². The topological polar surface area (TPSA) is 91.7 Å². The largest absolute Gasteiger partial charge is 0.481 e. The number of aliphatic carboxylic acids is 1. The summed E-state index contributed by atoms with van der Waals surface area (Å²) in [7, 11) is -5.17. The molecule has 0 aliphatic carbocycles. The summed E-state index contributed by atoms with van der Waals surface area (Å²) in [6, 6.07) is 0. The van der Waals surface area contributed by atoms with Crippen molar-refractivity contribution in [3.63, 3.8) is 0 Å². The van der Waals surface area contributed by atoms with Gasteiger partial charge in [0.1, 0.15) is 0 Å². The second-order valence-corrected chi connectivity index (χ2v) is 1.76. The fraction of sp³-hybridized carbons (Fsp3) is 0.500. The van der Waals surface area contributed by atoms with Crippen LogP contribution in [0, 0.1) is 0 Å². The molecule has 0 aliphatic rings. The molecule has 0 heterocycles. The number of hydrogen-bond donors (Lipinski definition) is 2. The third-order valence-electron chi connectivity index (χ3n) is 0. The molecule has 0 rings (SSSR count). The Morgan fingerprint density at radius 2 is 1.56 bits per heavy atom. The average molecular weight is 160 g/mol. The Labute approximate surface area is 51.2 Å². The molecule has 0 amide bonds. The van der Waals surface area contributed by atoms with E-state index in [9.17, 15) is 3.89 Å². The van der Waals surface area contributed by atoms with Crippen LogP contribution in [0.4, 0.5) is 3.89 Å². The number of carboxylic acids is 1. The third-order valence-corrected chi connectivity index (χ3v) is 0. The molecule has 2 N–H and O–H groups in total. The van der Waals surface area contributed by atoms with Crippen LogP contribution in [0.5, 0.6) is 0 Å². The monoisotopic (exact) mass is 160 g/mol. The first-order valence-corrected chi connectivity index (χ1v) is 2.94. The maximum atomic E-state index is 10.2. The Morgan fingerprint density at radius 1 is 1.56 bits per heavy atom. The molecule has 0 atom stereocenters. The Bertz CT molecular complexity index is 157. The van der Waals surface area contributed by atoms with Gasteiger partial charge in [0.2, 0.25) is 0 Å². The highest BCUT2D eigenvalue weighted by Gasteiger charge is 1.89. The van der Waals surface area contributed by atoms with E-state index in [1.807, 2.05) is 0 Å². The van der Waals surface area contributed by atoms with Gasteiger partial charge in [-0.25, -0.2) is 0 Å². The van der Waals surface area contributed by atoms with Gasteiger partial charge in [-0.2, -0.15) is 8.42 Å². The molecule has 0 aromatic carbocycles. The second-order valence-electron chi connectivity index (χ2n) is 0.931. The van der Waals surface area contributed by atoms with Crippen LogP contribution in [0.15, 0.2) is 0 Å². The molecular formula is C2H5FO5S. The van der Waals surface area contributed by atoms with Gasteiger partial charge in [0.05, 0.1) is 0 Å². The Kier molecular flexibility index (Phi) is 5.22. The maximum Gasteiger partial charge on any atom is 0.435 e. The molecule has 0 saturated carbocycles. The number of halogens is 1. The Hall–Kier alpha value is -0.690. The van der Waals surface area contributed by atoms with Gasteiger partial charge in [0.25, 0.3) is 5.97 Å². The van der Waals surface area contributed by atoms with Crippen molar-refractivity contribution in [2.45, 2.75) is 6.92 Å². The smallest absolute Gasteiger partial charge is 0.435 e. The molecule has 5 nitrogen and oxygen atoms in total. The molecule has 0 bridgehead atoms. The first kappa shape index (κ1) is 11.2. The highest BCUT2D eigenvalue weighted by molar-refractivity contribution is 7.80. The van der Waals surface area contributed by atoms with E-state index < -0.39 is 16.5 Å². The van der Waals surface area contributed by atoms with Crippen LogP contribution in [0.25, 0.3) is 0 Å². The van der Waals surface area contributed by atoms with Crippen molar-refractivity contribution in [1.29, 1.82) is 0 Å². The molecule has 0 spiro atoms. The predicted octanol–water partition coefficient (Wildman–Crippen LogP) is -0.150. The minimum atomic E-state index is -5.17. The molecule has 0 unspecified atom stereocenters. The zero-order valence-electron chi connectivity index (χ0n) is 4.41. The maximum absolute atomic E-state index is 10.2. The molecule has 0 fully saturated rings. The molecular weight excluding hydrogens is 155 g/mol. The van der Waals surface area contributed by atoms with Crippen molar-refractivity contribution >= 4 is 16.5 Å². The summed E-state index contributed by atoms with van der Waals surface area (Å²) in [6.07, 6.45) is 0. The van der Waals surface area contributed by atoms with Gasteiger partial charge in [-0.15, -0.1) is 0 Å². The molecule has 0 aromatic rings. The first-order valence-electron chi connectivity index (χ1n) is 1.60. The van der Waals surface area contributed by atoms with Gasteiger partial charge in [-0.05, 0) is 0 Å². The molecule has 0 aliphatic heterocycles. The number of carboxylic acid groups (broad SMARTS) is 1. The summed E-state index contributed by atoms with van der Waals surface area (Å²) in [4.78, 5) is 9.00. The van der Waals surface area contributed by atoms with Gasteiger partial charge in [0, 0.05) is 6.92 Å². The van der Waals surface area contributed by atoms with E-state index in [1.165, 1.54) is 0 Å². The van der Waals surface area contributed by atoms with Crippen molar-refractivity contribution in [1.82, 2.24) is 0 Å². The lowest BCUT2D eigenvalue weighted by Crippen LogP contribution is -1.80. The zero-order valence-corrected chi connectivity index (χ0v) is 5.22. The SMILES string of the molecule is CC(=O)O.O=S(=O)(O)F. The summed E-state index contributed by atoms with van der Waals surface area (Å²) in [5.74, 6) is -0.833. The molecule has 0 saturated heterocycles. The minimum Gasteiger partial charge on any atom is -0.481 e. The molecule has 0 radical (unpaired) electrons. The minimum absolute atomic E-state index is 0.833. The Morgan fingerprint density at radius 3 is 1.56 bits per heavy atom. The normalized spacial score (nSPS) is 9.22. The van der Waals surface area contributed by atoms with Crippen molar-refractivity contribution in [3.8, 4) is 0 Å². The van der Waals surface area contributed by atoms with E-state index in [-0.39, 0.29) is 0 Å². The quantitative estimate of drug-likeness (QED) is 0.379. The number of rotatable bonds is 0. The second kappa shape index (κ2) is 4.21. The number of hydrogen-bond acceptors (Lipinski definition) is 3. The van der Waals surface area contributed by atoms with Crippen LogP contribution in [0.2, 0.25) is 0 Å². The summed E-state index contributed by atoms with van der Waals surface area (Å²) < 4.78 is 34.1. The summed E-state index contributed by atoms with van der Waals surface area (Å²) in [5, 5.41) is 7.42. The van der Waals surface area contributed by atoms with Gasteiger partial charge >= 0.3 is 10.5 Å². The number of carbonyl (C=O) groups is 1. The van der Waals surface area contributed by atoms with Crippen LogP contribution < -0.4 is 0 Å². The first-order chi connectivity index (χ1) is 3.73. The van der Waals surface area contributed by atoms with Crippen LogP contribution >= 0.6 is 0 Å². The van der Waals surface area contributed by atoms with Gasteiger partial charge in [-0.1, -0.05) is 3.89 Å². The van der Waals surface area contributed by atoms with Crippen LogP contribution in [0.3, 0.4) is 0 Å². The van der Waals surface area contributed by atoms with E-state index in [4.69, 9.17) is 22.9 Å². The van der Waals surface area contributed by atoms with Crippen LogP contribution in [-0.2, 0) is 15.3 Å². The average Bonchev–Trinajstić information content (AvgIpc) is 1.19. The van der Waals surface area contributed by atoms with Gasteiger partial charge < -0.3 is 5.11 Å². The highest BCUT2D eigenvalue weighted by Crippen LogP contribution is 1.74. The summed E-state index contributed by atoms with van der Waals surface area (Å²) in [5.41, 5.74) is 0. The van der Waals surface area contributed by atoms with E-state index >= 15 is 0 Å². The van der Waals surface area contributed by atoms with Crippen molar-refractivity contribution in [2.24, 2.45) is 0 Å². The zero-order chi connectivity index (χ0) is 8.08.